The summed E-state index contributed by atoms with van der Waals surface area (Å²) in [6, 6.07) is 7.21. The van der Waals surface area contributed by atoms with Crippen molar-refractivity contribution in [1.29, 1.82) is 0 Å². The number of nitrogens with two attached hydrogens (primary N) is 1. The Labute approximate surface area is 82.8 Å². The molecule has 1 atom stereocenters. The van der Waals surface area contributed by atoms with E-state index in [-0.39, 0.29) is 0 Å². The molecule has 0 saturated heterocycles. The molecule has 3 heteroatoms. The van der Waals surface area contributed by atoms with Gasteiger partial charge in [-0.3, -0.25) is 0 Å². The minimum Gasteiger partial charge on any atom is -0.495 e. The van der Waals surface area contributed by atoms with Gasteiger partial charge in [0.1, 0.15) is 11.9 Å². The van der Waals surface area contributed by atoms with Crippen molar-refractivity contribution < 1.29 is 9.84 Å². The van der Waals surface area contributed by atoms with E-state index in [0.29, 0.717) is 18.1 Å². The maximum Gasteiger partial charge on any atom is 0.136 e. The Bertz CT molecular complexity index is 360. The van der Waals surface area contributed by atoms with Gasteiger partial charge in [-0.2, -0.15) is 0 Å². The molecule has 0 aromatic heterocycles. The molecule has 2 rings (SSSR count). The molecule has 14 heavy (non-hydrogen) atoms. The van der Waals surface area contributed by atoms with Crippen molar-refractivity contribution in [2.24, 2.45) is 0 Å². The second kappa shape index (κ2) is 3.72. The molecule has 1 aromatic carbocycles. The number of benzene rings is 1. The molecule has 0 radical (unpaired) electrons. The first kappa shape index (κ1) is 9.09. The summed E-state index contributed by atoms with van der Waals surface area (Å²) in [6.07, 6.45) is 2.10. The lowest BCUT2D eigenvalue weighted by Gasteiger charge is -2.12. The number of aliphatic hydroxyl groups is 1. The van der Waals surface area contributed by atoms with Crippen LogP contribution in [0.15, 0.2) is 36.1 Å². The highest BCUT2D eigenvalue weighted by molar-refractivity contribution is 5.42. The smallest absolute Gasteiger partial charge is 0.136 e. The van der Waals surface area contributed by atoms with Gasteiger partial charge in [0.25, 0.3) is 0 Å². The van der Waals surface area contributed by atoms with Crippen molar-refractivity contribution in [3.8, 4) is 0 Å². The van der Waals surface area contributed by atoms with Crippen molar-refractivity contribution in [1.82, 2.24) is 0 Å². The van der Waals surface area contributed by atoms with E-state index >= 15 is 0 Å². The predicted octanol–water partition coefficient (Wildman–Crippen LogP) is 1.61. The number of ether oxygens (including phenoxy) is 1. The van der Waals surface area contributed by atoms with Gasteiger partial charge in [-0.05, 0) is 23.8 Å². The average Bonchev–Trinajstić information content (AvgIpc) is 2.69. The number of hydrogen-bond acceptors (Lipinski definition) is 3. The van der Waals surface area contributed by atoms with Crippen LogP contribution < -0.4 is 5.73 Å². The highest BCUT2D eigenvalue weighted by atomic mass is 16.5. The van der Waals surface area contributed by atoms with Crippen LogP contribution in [0.25, 0.3) is 0 Å². The molecule has 0 saturated carbocycles. The zero-order valence-electron chi connectivity index (χ0n) is 7.81. The Balaban J connectivity index is 2.22. The van der Waals surface area contributed by atoms with Gasteiger partial charge in [0, 0.05) is 12.1 Å². The first-order chi connectivity index (χ1) is 6.77. The summed E-state index contributed by atoms with van der Waals surface area (Å²) in [5, 5.41) is 9.90. The largest absolute Gasteiger partial charge is 0.495 e. The second-order valence-electron chi connectivity index (χ2n) is 3.32. The van der Waals surface area contributed by atoms with E-state index in [2.05, 4.69) is 0 Å². The minimum absolute atomic E-state index is 0.635. The first-order valence-corrected chi connectivity index (χ1v) is 4.64. The van der Waals surface area contributed by atoms with Crippen LogP contribution in [0.4, 0.5) is 5.69 Å². The topological polar surface area (TPSA) is 55.5 Å². The fraction of sp³-hybridized carbons (Fsp3) is 0.273. The first-order valence-electron chi connectivity index (χ1n) is 4.64. The molecule has 1 aliphatic heterocycles. The molecule has 3 N–H and O–H groups in total. The van der Waals surface area contributed by atoms with Crippen LogP contribution in [0.3, 0.4) is 0 Å². The molecule has 0 amide bonds. The summed E-state index contributed by atoms with van der Waals surface area (Å²) in [5.41, 5.74) is 7.05. The average molecular weight is 191 g/mol. The van der Waals surface area contributed by atoms with E-state index in [1.54, 1.807) is 12.1 Å². The van der Waals surface area contributed by atoms with Crippen molar-refractivity contribution in [3.63, 3.8) is 0 Å². The van der Waals surface area contributed by atoms with E-state index in [1.807, 2.05) is 18.2 Å². The summed E-state index contributed by atoms with van der Waals surface area (Å²) in [7, 11) is 0. The number of aliphatic hydroxyl groups excluding tert-OH is 1. The summed E-state index contributed by atoms with van der Waals surface area (Å²) in [6.45, 7) is 0.661. The number of rotatable bonds is 2. The Kier molecular flexibility index (Phi) is 2.41. The molecular weight excluding hydrogens is 178 g/mol. The summed E-state index contributed by atoms with van der Waals surface area (Å²) < 4.78 is 5.28. The highest BCUT2D eigenvalue weighted by Gasteiger charge is 2.17. The molecule has 1 unspecified atom stereocenters. The van der Waals surface area contributed by atoms with E-state index in [4.69, 9.17) is 10.5 Å². The lowest BCUT2D eigenvalue weighted by molar-refractivity contribution is 0.119. The number of nitrogen functional groups attached to an aromatic ring is 1. The fourth-order valence-corrected chi connectivity index (χ4v) is 1.52. The van der Waals surface area contributed by atoms with Gasteiger partial charge < -0.3 is 15.6 Å². The van der Waals surface area contributed by atoms with Gasteiger partial charge in [0.15, 0.2) is 0 Å². The third kappa shape index (κ3) is 1.72. The van der Waals surface area contributed by atoms with Crippen LogP contribution in [0.1, 0.15) is 18.1 Å². The van der Waals surface area contributed by atoms with Crippen molar-refractivity contribution >= 4 is 5.69 Å². The summed E-state index contributed by atoms with van der Waals surface area (Å²) in [4.78, 5) is 0. The van der Waals surface area contributed by atoms with Gasteiger partial charge in [0.2, 0.25) is 0 Å². The van der Waals surface area contributed by atoms with E-state index < -0.39 is 6.10 Å². The fourth-order valence-electron chi connectivity index (χ4n) is 1.52. The molecule has 74 valence electrons. The predicted molar refractivity (Wildman–Crippen MR) is 54.5 cm³/mol. The van der Waals surface area contributed by atoms with E-state index in [9.17, 15) is 5.11 Å². The van der Waals surface area contributed by atoms with Crippen LogP contribution in [-0.4, -0.2) is 11.7 Å². The Morgan fingerprint density at radius 2 is 2.29 bits per heavy atom. The Hall–Kier alpha value is -1.48. The summed E-state index contributed by atoms with van der Waals surface area (Å²) in [5.74, 6) is 0.635. The molecule has 1 aliphatic rings. The van der Waals surface area contributed by atoms with Crippen molar-refractivity contribution in [3.05, 3.63) is 41.7 Å². The quantitative estimate of drug-likeness (QED) is 0.698. The molecule has 1 heterocycles. The van der Waals surface area contributed by atoms with Gasteiger partial charge in [-0.15, -0.1) is 0 Å². The maximum atomic E-state index is 9.90. The van der Waals surface area contributed by atoms with Crippen molar-refractivity contribution in [2.75, 3.05) is 12.3 Å². The van der Waals surface area contributed by atoms with Gasteiger partial charge in [0.05, 0.1) is 6.61 Å². The van der Waals surface area contributed by atoms with Crippen LogP contribution in [-0.2, 0) is 4.74 Å². The van der Waals surface area contributed by atoms with Crippen LogP contribution >= 0.6 is 0 Å². The van der Waals surface area contributed by atoms with Crippen LogP contribution in [0.5, 0.6) is 0 Å². The zero-order valence-corrected chi connectivity index (χ0v) is 7.81. The minimum atomic E-state index is -0.680. The number of anilines is 1. The molecule has 1 aromatic rings. The van der Waals surface area contributed by atoms with Gasteiger partial charge >= 0.3 is 0 Å². The van der Waals surface area contributed by atoms with Crippen LogP contribution in [0, 0.1) is 0 Å². The summed E-state index contributed by atoms with van der Waals surface area (Å²) >= 11 is 0. The van der Waals surface area contributed by atoms with Gasteiger partial charge in [-0.25, -0.2) is 0 Å². The Morgan fingerprint density at radius 3 is 2.93 bits per heavy atom. The lowest BCUT2D eigenvalue weighted by Crippen LogP contribution is -2.02. The van der Waals surface area contributed by atoms with Crippen LogP contribution in [0.2, 0.25) is 0 Å². The SMILES string of the molecule is Nc1cccc(C(O)C2=CCCO2)c1. The highest BCUT2D eigenvalue weighted by Crippen LogP contribution is 2.26. The molecule has 0 spiro atoms. The normalized spacial score (nSPS) is 17.4. The zero-order chi connectivity index (χ0) is 9.97. The third-order valence-corrected chi connectivity index (χ3v) is 2.23. The van der Waals surface area contributed by atoms with E-state index in [0.717, 1.165) is 12.0 Å². The number of hydrogen-bond donors (Lipinski definition) is 2. The van der Waals surface area contributed by atoms with E-state index in [1.165, 1.54) is 0 Å². The molecule has 0 bridgehead atoms. The van der Waals surface area contributed by atoms with Crippen molar-refractivity contribution in [2.45, 2.75) is 12.5 Å². The molecule has 0 aliphatic carbocycles. The maximum absolute atomic E-state index is 9.90. The standard InChI is InChI=1S/C11H13NO2/c12-9-4-1-3-8(7-9)11(13)10-5-2-6-14-10/h1,3-5,7,11,13H,2,6,12H2. The molecule has 0 fully saturated rings. The third-order valence-electron chi connectivity index (χ3n) is 2.23. The van der Waals surface area contributed by atoms with Gasteiger partial charge in [-0.1, -0.05) is 12.1 Å². The monoisotopic (exact) mass is 191 g/mol. The molecular formula is C11H13NO2. The second-order valence-corrected chi connectivity index (χ2v) is 3.32. The lowest BCUT2D eigenvalue weighted by atomic mass is 10.1. The Morgan fingerprint density at radius 1 is 1.43 bits per heavy atom. The molecule has 3 nitrogen and oxygen atoms in total.